The molecular formula is C11H15O2. The average molecular weight is 179 g/mol. The predicted octanol–water partition coefficient (Wildman–Crippen LogP) is 2.64. The Labute approximate surface area is 79.5 Å². The summed E-state index contributed by atoms with van der Waals surface area (Å²) in [5.74, 6) is 1.90. The van der Waals surface area contributed by atoms with Crippen molar-refractivity contribution in [2.75, 3.05) is 14.2 Å². The highest BCUT2D eigenvalue weighted by Gasteiger charge is 2.07. The van der Waals surface area contributed by atoms with Gasteiger partial charge in [0, 0.05) is 5.56 Å². The van der Waals surface area contributed by atoms with Crippen molar-refractivity contribution >= 4 is 0 Å². The Balaban J connectivity index is 3.10. The van der Waals surface area contributed by atoms with Crippen molar-refractivity contribution in [3.8, 4) is 11.5 Å². The molecule has 0 N–H and O–H groups in total. The van der Waals surface area contributed by atoms with Gasteiger partial charge in [-0.2, -0.15) is 0 Å². The largest absolute Gasteiger partial charge is 0.497 e. The van der Waals surface area contributed by atoms with Gasteiger partial charge in [-0.15, -0.1) is 0 Å². The molecular weight excluding hydrogens is 164 g/mol. The summed E-state index contributed by atoms with van der Waals surface area (Å²) in [6, 6.07) is 5.73. The molecule has 1 rings (SSSR count). The third kappa shape index (κ3) is 2.14. The SMILES string of the molecule is [CH2]C(C)c1cc(OC)ccc1OC. The predicted molar refractivity (Wildman–Crippen MR) is 53.3 cm³/mol. The van der Waals surface area contributed by atoms with Crippen molar-refractivity contribution in [3.05, 3.63) is 30.7 Å². The van der Waals surface area contributed by atoms with Gasteiger partial charge in [0.1, 0.15) is 11.5 Å². The van der Waals surface area contributed by atoms with Gasteiger partial charge >= 0.3 is 0 Å². The van der Waals surface area contributed by atoms with Crippen molar-refractivity contribution in [1.29, 1.82) is 0 Å². The molecule has 0 amide bonds. The van der Waals surface area contributed by atoms with Crippen LogP contribution in [-0.4, -0.2) is 14.2 Å². The monoisotopic (exact) mass is 179 g/mol. The van der Waals surface area contributed by atoms with Gasteiger partial charge in [-0.25, -0.2) is 0 Å². The molecule has 0 saturated heterocycles. The lowest BCUT2D eigenvalue weighted by Crippen LogP contribution is -1.95. The maximum atomic E-state index is 5.21. The molecule has 0 aliphatic carbocycles. The molecule has 13 heavy (non-hydrogen) atoms. The fraction of sp³-hybridized carbons (Fsp3) is 0.364. The first-order chi connectivity index (χ1) is 6.19. The van der Waals surface area contributed by atoms with Crippen LogP contribution in [0.1, 0.15) is 18.4 Å². The van der Waals surface area contributed by atoms with Gasteiger partial charge in [0.05, 0.1) is 14.2 Å². The second-order valence-corrected chi connectivity index (χ2v) is 3.01. The molecule has 1 radical (unpaired) electrons. The zero-order valence-corrected chi connectivity index (χ0v) is 8.33. The zero-order valence-electron chi connectivity index (χ0n) is 8.33. The van der Waals surface area contributed by atoms with Crippen molar-refractivity contribution in [3.63, 3.8) is 0 Å². The summed E-state index contributed by atoms with van der Waals surface area (Å²) in [5.41, 5.74) is 1.07. The third-order valence-corrected chi connectivity index (χ3v) is 1.97. The van der Waals surface area contributed by atoms with Crippen LogP contribution in [0.5, 0.6) is 11.5 Å². The molecule has 0 bridgehead atoms. The lowest BCUT2D eigenvalue weighted by Gasteiger charge is -2.12. The number of methoxy groups -OCH3 is 2. The highest BCUT2D eigenvalue weighted by molar-refractivity contribution is 5.42. The normalized spacial score (nSPS) is 10.2. The van der Waals surface area contributed by atoms with E-state index in [2.05, 4.69) is 6.92 Å². The third-order valence-electron chi connectivity index (χ3n) is 1.97. The molecule has 0 heterocycles. The summed E-state index contributed by atoms with van der Waals surface area (Å²) < 4.78 is 10.3. The Morgan fingerprint density at radius 3 is 2.38 bits per heavy atom. The van der Waals surface area contributed by atoms with Crippen LogP contribution in [0.15, 0.2) is 18.2 Å². The molecule has 1 unspecified atom stereocenters. The molecule has 0 fully saturated rings. The van der Waals surface area contributed by atoms with Gasteiger partial charge in [0.15, 0.2) is 0 Å². The van der Waals surface area contributed by atoms with E-state index in [-0.39, 0.29) is 5.92 Å². The highest BCUT2D eigenvalue weighted by atomic mass is 16.5. The summed E-state index contributed by atoms with van der Waals surface area (Å²) in [7, 11) is 3.31. The van der Waals surface area contributed by atoms with E-state index < -0.39 is 0 Å². The van der Waals surface area contributed by atoms with Gasteiger partial charge in [0.2, 0.25) is 0 Å². The molecule has 71 valence electrons. The number of ether oxygens (including phenoxy) is 2. The van der Waals surface area contributed by atoms with Crippen LogP contribution >= 0.6 is 0 Å². The van der Waals surface area contributed by atoms with Crippen LogP contribution in [0, 0.1) is 6.92 Å². The Morgan fingerprint density at radius 2 is 1.92 bits per heavy atom. The van der Waals surface area contributed by atoms with Crippen molar-refractivity contribution in [1.82, 2.24) is 0 Å². The summed E-state index contributed by atoms with van der Waals surface area (Å²) in [6.07, 6.45) is 0. The van der Waals surface area contributed by atoms with Crippen molar-refractivity contribution in [2.24, 2.45) is 0 Å². The number of benzene rings is 1. The van der Waals surface area contributed by atoms with Crippen LogP contribution in [0.4, 0.5) is 0 Å². The van der Waals surface area contributed by atoms with E-state index in [4.69, 9.17) is 9.47 Å². The van der Waals surface area contributed by atoms with Crippen molar-refractivity contribution in [2.45, 2.75) is 12.8 Å². The van der Waals surface area contributed by atoms with Gasteiger partial charge in [-0.1, -0.05) is 6.92 Å². The van der Waals surface area contributed by atoms with Crippen molar-refractivity contribution < 1.29 is 9.47 Å². The first-order valence-electron chi connectivity index (χ1n) is 4.24. The van der Waals surface area contributed by atoms with E-state index in [0.29, 0.717) is 0 Å². The van der Waals surface area contributed by atoms with Gasteiger partial charge in [-0.05, 0) is 31.0 Å². The smallest absolute Gasteiger partial charge is 0.122 e. The maximum Gasteiger partial charge on any atom is 0.122 e. The molecule has 1 atom stereocenters. The molecule has 1 aromatic carbocycles. The highest BCUT2D eigenvalue weighted by Crippen LogP contribution is 2.29. The molecule has 2 heteroatoms. The van der Waals surface area contributed by atoms with Gasteiger partial charge < -0.3 is 9.47 Å². The Bertz CT molecular complexity index is 279. The Kier molecular flexibility index (Phi) is 3.18. The van der Waals surface area contributed by atoms with E-state index in [0.717, 1.165) is 17.1 Å². The second-order valence-electron chi connectivity index (χ2n) is 3.01. The van der Waals surface area contributed by atoms with Crippen LogP contribution in [0.3, 0.4) is 0 Å². The maximum absolute atomic E-state index is 5.21. The van der Waals surface area contributed by atoms with E-state index in [1.54, 1.807) is 14.2 Å². The fourth-order valence-corrected chi connectivity index (χ4v) is 1.22. The topological polar surface area (TPSA) is 18.5 Å². The number of rotatable bonds is 3. The van der Waals surface area contributed by atoms with E-state index in [9.17, 15) is 0 Å². The summed E-state index contributed by atoms with van der Waals surface area (Å²) in [6.45, 7) is 5.98. The van der Waals surface area contributed by atoms with Crippen LogP contribution < -0.4 is 9.47 Å². The Hall–Kier alpha value is -1.18. The molecule has 2 nitrogen and oxygen atoms in total. The fourth-order valence-electron chi connectivity index (χ4n) is 1.22. The molecule has 0 saturated carbocycles. The standard InChI is InChI=1S/C11H15O2/c1-8(2)10-7-9(12-3)5-6-11(10)13-4/h5-8H,1H2,2-4H3. The van der Waals surface area contributed by atoms with E-state index in [1.807, 2.05) is 25.1 Å². The minimum absolute atomic E-state index is 0.199. The van der Waals surface area contributed by atoms with Crippen LogP contribution in [0.2, 0.25) is 0 Å². The molecule has 1 aromatic rings. The molecule has 0 aliphatic rings. The van der Waals surface area contributed by atoms with Gasteiger partial charge in [-0.3, -0.25) is 0 Å². The molecule has 0 aromatic heterocycles. The molecule has 0 aliphatic heterocycles. The number of hydrogen-bond donors (Lipinski definition) is 0. The lowest BCUT2D eigenvalue weighted by atomic mass is 10.0. The van der Waals surface area contributed by atoms with Gasteiger partial charge in [0.25, 0.3) is 0 Å². The summed E-state index contributed by atoms with van der Waals surface area (Å²) >= 11 is 0. The van der Waals surface area contributed by atoms with E-state index >= 15 is 0 Å². The Morgan fingerprint density at radius 1 is 1.23 bits per heavy atom. The number of hydrogen-bond acceptors (Lipinski definition) is 2. The minimum Gasteiger partial charge on any atom is -0.497 e. The van der Waals surface area contributed by atoms with Crippen LogP contribution in [-0.2, 0) is 0 Å². The minimum atomic E-state index is 0.199. The van der Waals surface area contributed by atoms with E-state index in [1.165, 1.54) is 0 Å². The molecule has 0 spiro atoms. The first-order valence-corrected chi connectivity index (χ1v) is 4.24. The lowest BCUT2D eigenvalue weighted by molar-refractivity contribution is 0.398. The van der Waals surface area contributed by atoms with Crippen LogP contribution in [0.25, 0.3) is 0 Å². The first kappa shape index (κ1) is 9.90. The quantitative estimate of drug-likeness (QED) is 0.710. The zero-order chi connectivity index (χ0) is 9.84. The average Bonchev–Trinajstić information content (AvgIpc) is 2.16. The second kappa shape index (κ2) is 4.17. The summed E-state index contributed by atoms with van der Waals surface area (Å²) in [5, 5.41) is 0. The summed E-state index contributed by atoms with van der Waals surface area (Å²) in [4.78, 5) is 0.